The van der Waals surface area contributed by atoms with E-state index in [1.165, 1.54) is 12.5 Å². The summed E-state index contributed by atoms with van der Waals surface area (Å²) in [7, 11) is 0. The van der Waals surface area contributed by atoms with Crippen molar-refractivity contribution in [2.24, 2.45) is 29.6 Å². The molecule has 0 radical (unpaired) electrons. The molecule has 4 bridgehead atoms. The van der Waals surface area contributed by atoms with Crippen molar-refractivity contribution in [3.05, 3.63) is 34.9 Å². The van der Waals surface area contributed by atoms with E-state index in [9.17, 15) is 13.6 Å². The summed E-state index contributed by atoms with van der Waals surface area (Å²) < 4.78 is 27.4. The highest BCUT2D eigenvalue weighted by molar-refractivity contribution is 5.98. The molecule has 0 unspecified atom stereocenters. The van der Waals surface area contributed by atoms with Crippen molar-refractivity contribution in [2.75, 3.05) is 0 Å². The minimum absolute atomic E-state index is 0.0304. The van der Waals surface area contributed by atoms with Crippen molar-refractivity contribution in [2.45, 2.75) is 39.0 Å². The average molecular weight is 290 g/mol. The smallest absolute Gasteiger partial charge is 0.169 e. The van der Waals surface area contributed by atoms with Crippen molar-refractivity contribution in [1.82, 2.24) is 0 Å². The maximum atomic E-state index is 14.0. The molecule has 0 heterocycles. The van der Waals surface area contributed by atoms with Gasteiger partial charge in [0.25, 0.3) is 0 Å². The molecule has 4 fully saturated rings. The molecule has 0 spiro atoms. The fraction of sp³-hybridized carbons (Fsp3) is 0.611. The van der Waals surface area contributed by atoms with Gasteiger partial charge in [0.15, 0.2) is 5.78 Å². The number of carbonyl (C=O) groups excluding carboxylic acids is 1. The summed E-state index contributed by atoms with van der Waals surface area (Å²) in [5.74, 6) is 1.05. The van der Waals surface area contributed by atoms with Gasteiger partial charge < -0.3 is 0 Å². The third kappa shape index (κ3) is 2.04. The van der Waals surface area contributed by atoms with Crippen LogP contribution in [0, 0.1) is 48.1 Å². The monoisotopic (exact) mass is 290 g/mol. The number of benzene rings is 1. The fourth-order valence-corrected chi connectivity index (χ4v) is 5.38. The zero-order chi connectivity index (χ0) is 14.7. The predicted octanol–water partition coefficient (Wildman–Crippen LogP) is 4.53. The van der Waals surface area contributed by atoms with Crippen LogP contribution in [0.5, 0.6) is 0 Å². The minimum Gasteiger partial charge on any atom is -0.294 e. The molecule has 21 heavy (non-hydrogen) atoms. The van der Waals surface area contributed by atoms with Crippen LogP contribution < -0.4 is 0 Å². The van der Waals surface area contributed by atoms with Gasteiger partial charge in [-0.2, -0.15) is 0 Å². The van der Waals surface area contributed by atoms with Gasteiger partial charge in [0.1, 0.15) is 11.6 Å². The molecule has 112 valence electrons. The first-order valence-electron chi connectivity index (χ1n) is 8.02. The predicted molar refractivity (Wildman–Crippen MR) is 76.0 cm³/mol. The van der Waals surface area contributed by atoms with Crippen LogP contribution in [0.15, 0.2) is 12.1 Å². The van der Waals surface area contributed by atoms with Crippen LogP contribution in [0.3, 0.4) is 0 Å². The topological polar surface area (TPSA) is 17.1 Å². The third-order valence-electron chi connectivity index (χ3n) is 6.04. The van der Waals surface area contributed by atoms with Crippen molar-refractivity contribution in [1.29, 1.82) is 0 Å². The lowest BCUT2D eigenvalue weighted by atomic mass is 9.51. The van der Waals surface area contributed by atoms with Gasteiger partial charge in [-0.3, -0.25) is 4.79 Å². The van der Waals surface area contributed by atoms with Gasteiger partial charge >= 0.3 is 0 Å². The highest BCUT2D eigenvalue weighted by Crippen LogP contribution is 2.57. The van der Waals surface area contributed by atoms with Gasteiger partial charge in [-0.05, 0) is 74.3 Å². The first-order valence-corrected chi connectivity index (χ1v) is 8.02. The molecule has 1 aromatic rings. The summed E-state index contributed by atoms with van der Waals surface area (Å²) in [6.45, 7) is 1.59. The van der Waals surface area contributed by atoms with E-state index in [1.54, 1.807) is 6.92 Å². The number of hydrogen-bond donors (Lipinski definition) is 0. The summed E-state index contributed by atoms with van der Waals surface area (Å²) in [6, 6.07) is 2.26. The van der Waals surface area contributed by atoms with Gasteiger partial charge in [0, 0.05) is 12.0 Å². The van der Waals surface area contributed by atoms with Crippen LogP contribution in [-0.4, -0.2) is 5.78 Å². The van der Waals surface area contributed by atoms with E-state index in [0.717, 1.165) is 43.6 Å². The molecule has 4 aliphatic rings. The number of aryl methyl sites for hydroxylation is 1. The molecule has 0 aliphatic heterocycles. The molecule has 0 aromatic heterocycles. The molecule has 0 atom stereocenters. The Labute approximate surface area is 123 Å². The van der Waals surface area contributed by atoms with E-state index in [1.807, 2.05) is 0 Å². The average Bonchev–Trinajstić information content (AvgIpc) is 2.41. The lowest BCUT2D eigenvalue weighted by Gasteiger charge is -2.53. The largest absolute Gasteiger partial charge is 0.294 e. The number of hydrogen-bond acceptors (Lipinski definition) is 1. The number of halogens is 2. The van der Waals surface area contributed by atoms with E-state index >= 15 is 0 Å². The lowest BCUT2D eigenvalue weighted by molar-refractivity contribution is -0.0252. The van der Waals surface area contributed by atoms with Crippen molar-refractivity contribution < 1.29 is 13.6 Å². The maximum Gasteiger partial charge on any atom is 0.169 e. The Morgan fingerprint density at radius 1 is 0.952 bits per heavy atom. The molecular formula is C18H20F2O. The Morgan fingerprint density at radius 2 is 1.52 bits per heavy atom. The number of Topliss-reactive ketones (excluding diaryl/α,β-unsaturated/α-hetero) is 1. The summed E-state index contributed by atoms with van der Waals surface area (Å²) >= 11 is 0. The van der Waals surface area contributed by atoms with Gasteiger partial charge in [0.05, 0.1) is 5.56 Å². The molecule has 1 nitrogen and oxygen atoms in total. The minimum atomic E-state index is -0.697. The molecule has 0 N–H and O–H groups in total. The van der Waals surface area contributed by atoms with Crippen LogP contribution in [0.4, 0.5) is 8.78 Å². The second-order valence-electron chi connectivity index (χ2n) is 7.40. The molecular weight excluding hydrogens is 270 g/mol. The van der Waals surface area contributed by atoms with E-state index in [4.69, 9.17) is 0 Å². The van der Waals surface area contributed by atoms with Crippen molar-refractivity contribution in [3.63, 3.8) is 0 Å². The molecule has 1 aromatic carbocycles. The second kappa shape index (κ2) is 4.62. The Bertz CT molecular complexity index is 579. The Balaban J connectivity index is 1.68. The summed E-state index contributed by atoms with van der Waals surface area (Å²) in [5.41, 5.74) is 0.454. The Hall–Kier alpha value is -1.25. The summed E-state index contributed by atoms with van der Waals surface area (Å²) in [4.78, 5) is 12.9. The zero-order valence-corrected chi connectivity index (χ0v) is 12.2. The lowest BCUT2D eigenvalue weighted by Crippen LogP contribution is -2.48. The Morgan fingerprint density at radius 3 is 2.10 bits per heavy atom. The first-order chi connectivity index (χ1) is 10.0. The number of ketones is 1. The van der Waals surface area contributed by atoms with Crippen LogP contribution in [-0.2, 0) is 0 Å². The van der Waals surface area contributed by atoms with Gasteiger partial charge in [-0.25, -0.2) is 8.78 Å². The van der Waals surface area contributed by atoms with Gasteiger partial charge in [-0.15, -0.1) is 0 Å². The summed E-state index contributed by atoms with van der Waals surface area (Å²) in [5, 5.41) is 0. The van der Waals surface area contributed by atoms with E-state index in [-0.39, 0.29) is 17.3 Å². The highest BCUT2D eigenvalue weighted by atomic mass is 19.1. The van der Waals surface area contributed by atoms with Crippen molar-refractivity contribution >= 4 is 5.78 Å². The molecule has 3 heteroatoms. The van der Waals surface area contributed by atoms with Gasteiger partial charge in [-0.1, -0.05) is 0 Å². The van der Waals surface area contributed by atoms with Crippen LogP contribution in [0.1, 0.15) is 48.0 Å². The van der Waals surface area contributed by atoms with Crippen molar-refractivity contribution in [3.8, 4) is 0 Å². The number of carbonyl (C=O) groups is 1. The fourth-order valence-electron chi connectivity index (χ4n) is 5.38. The molecule has 4 saturated carbocycles. The highest BCUT2D eigenvalue weighted by Gasteiger charge is 2.51. The normalized spacial score (nSPS) is 37.0. The molecule has 5 rings (SSSR count). The third-order valence-corrected chi connectivity index (χ3v) is 6.04. The second-order valence-corrected chi connectivity index (χ2v) is 7.40. The first kappa shape index (κ1) is 13.4. The van der Waals surface area contributed by atoms with E-state index < -0.39 is 11.6 Å². The van der Waals surface area contributed by atoms with E-state index in [2.05, 4.69) is 0 Å². The van der Waals surface area contributed by atoms with Crippen LogP contribution in [0.2, 0.25) is 0 Å². The SMILES string of the molecule is Cc1cc(C(=O)C2C3CC4CC(C3)CC2C4)c(F)cc1F. The zero-order valence-electron chi connectivity index (χ0n) is 12.2. The molecule has 4 aliphatic carbocycles. The summed E-state index contributed by atoms with van der Waals surface area (Å²) in [6.07, 6.45) is 5.85. The van der Waals surface area contributed by atoms with Crippen LogP contribution in [0.25, 0.3) is 0 Å². The maximum absolute atomic E-state index is 14.0. The molecule has 0 amide bonds. The van der Waals surface area contributed by atoms with E-state index in [0.29, 0.717) is 17.4 Å². The quantitative estimate of drug-likeness (QED) is 0.731. The Kier molecular flexibility index (Phi) is 2.95. The van der Waals surface area contributed by atoms with Crippen LogP contribution >= 0.6 is 0 Å². The number of rotatable bonds is 2. The molecule has 0 saturated heterocycles. The van der Waals surface area contributed by atoms with Gasteiger partial charge in [0.2, 0.25) is 0 Å². The standard InChI is InChI=1S/C18H20F2O/c1-9-2-14(16(20)8-15(9)19)18(21)17-12-4-10-3-11(6-12)7-13(17)5-10/h2,8,10-13,17H,3-7H2,1H3.